The fraction of sp³-hybridized carbons (Fsp3) is 0.167. The van der Waals surface area contributed by atoms with Crippen molar-refractivity contribution in [1.29, 1.82) is 0 Å². The lowest BCUT2D eigenvalue weighted by atomic mass is 10.2. The van der Waals surface area contributed by atoms with Crippen molar-refractivity contribution in [1.82, 2.24) is 24.9 Å². The minimum atomic E-state index is 0.475. The smallest absolute Gasteiger partial charge is 0.223 e. The summed E-state index contributed by atoms with van der Waals surface area (Å²) in [6.07, 6.45) is 1.71. The molecule has 0 aliphatic heterocycles. The maximum Gasteiger partial charge on any atom is 0.223 e. The lowest BCUT2D eigenvalue weighted by molar-refractivity contribution is 0.394. The number of pyridine rings is 1. The Morgan fingerprint density at radius 3 is 2.79 bits per heavy atom. The lowest BCUT2D eigenvalue weighted by Gasteiger charge is -2.00. The summed E-state index contributed by atoms with van der Waals surface area (Å²) >= 11 is 0. The molecule has 96 valence electrons. The Morgan fingerprint density at radius 2 is 2.16 bits per heavy atom. The predicted octanol–water partition coefficient (Wildman–Crippen LogP) is 1.42. The van der Waals surface area contributed by atoms with Gasteiger partial charge in [-0.1, -0.05) is 5.16 Å². The van der Waals surface area contributed by atoms with E-state index >= 15 is 0 Å². The summed E-state index contributed by atoms with van der Waals surface area (Å²) < 4.78 is 6.69. The Balaban J connectivity index is 2.04. The van der Waals surface area contributed by atoms with Crippen molar-refractivity contribution in [2.24, 2.45) is 7.05 Å². The molecule has 0 unspecified atom stereocenters. The highest BCUT2D eigenvalue weighted by Crippen LogP contribution is 2.23. The van der Waals surface area contributed by atoms with Crippen molar-refractivity contribution in [3.8, 4) is 22.8 Å². The molecule has 0 atom stereocenters. The molecule has 0 spiro atoms. The van der Waals surface area contributed by atoms with Gasteiger partial charge in [-0.05, 0) is 18.2 Å². The van der Waals surface area contributed by atoms with Crippen LogP contribution in [0.3, 0.4) is 0 Å². The summed E-state index contributed by atoms with van der Waals surface area (Å²) in [5.41, 5.74) is 8.07. The van der Waals surface area contributed by atoms with Gasteiger partial charge in [0.05, 0.1) is 5.69 Å². The topological polar surface area (TPSA) is 95.7 Å². The number of nitrogen functional groups attached to an aromatic ring is 1. The SMILES string of the molecule is Cc1nc(-c2cc(-c3ccc(N)nc3)n(C)n2)no1. The second-order valence-electron chi connectivity index (χ2n) is 4.15. The molecule has 0 bridgehead atoms. The van der Waals surface area contributed by atoms with Crippen molar-refractivity contribution in [3.05, 3.63) is 30.3 Å². The molecule has 0 amide bonds. The first-order valence-corrected chi connectivity index (χ1v) is 5.70. The van der Waals surface area contributed by atoms with Gasteiger partial charge in [0, 0.05) is 25.7 Å². The summed E-state index contributed by atoms with van der Waals surface area (Å²) in [5, 5.41) is 8.22. The first kappa shape index (κ1) is 11.4. The molecule has 0 aliphatic rings. The second kappa shape index (κ2) is 4.20. The molecule has 0 radical (unpaired) electrons. The number of hydrogen-bond donors (Lipinski definition) is 1. The van der Waals surface area contributed by atoms with Gasteiger partial charge in [0.2, 0.25) is 11.7 Å². The minimum Gasteiger partial charge on any atom is -0.384 e. The van der Waals surface area contributed by atoms with Crippen LogP contribution in [-0.4, -0.2) is 24.9 Å². The molecular formula is C12H12N6O. The molecule has 7 heteroatoms. The molecule has 3 rings (SSSR count). The van der Waals surface area contributed by atoms with E-state index in [0.29, 0.717) is 23.2 Å². The third-order valence-corrected chi connectivity index (χ3v) is 2.72. The third kappa shape index (κ3) is 2.05. The molecular weight excluding hydrogens is 244 g/mol. The summed E-state index contributed by atoms with van der Waals surface area (Å²) in [4.78, 5) is 8.22. The van der Waals surface area contributed by atoms with E-state index in [1.807, 2.05) is 19.2 Å². The van der Waals surface area contributed by atoms with Gasteiger partial charge in [-0.15, -0.1) is 0 Å². The van der Waals surface area contributed by atoms with E-state index in [1.165, 1.54) is 0 Å². The molecule has 3 heterocycles. The van der Waals surface area contributed by atoms with E-state index in [9.17, 15) is 0 Å². The standard InChI is InChI=1S/C12H12N6O/c1-7-15-12(17-19-7)9-5-10(18(2)16-9)8-3-4-11(13)14-6-8/h3-6H,1-2H3,(H2,13,14). The quantitative estimate of drug-likeness (QED) is 0.745. The van der Waals surface area contributed by atoms with Gasteiger partial charge in [0.15, 0.2) is 0 Å². The predicted molar refractivity (Wildman–Crippen MR) is 68.9 cm³/mol. The average Bonchev–Trinajstić information content (AvgIpc) is 2.97. The minimum absolute atomic E-state index is 0.475. The van der Waals surface area contributed by atoms with Crippen molar-refractivity contribution in [2.45, 2.75) is 6.92 Å². The fourth-order valence-electron chi connectivity index (χ4n) is 1.81. The van der Waals surface area contributed by atoms with E-state index in [-0.39, 0.29) is 0 Å². The number of nitrogens with zero attached hydrogens (tertiary/aromatic N) is 5. The van der Waals surface area contributed by atoms with Crippen LogP contribution in [0, 0.1) is 6.92 Å². The highest BCUT2D eigenvalue weighted by atomic mass is 16.5. The Kier molecular flexibility index (Phi) is 2.52. The van der Waals surface area contributed by atoms with Gasteiger partial charge < -0.3 is 10.3 Å². The van der Waals surface area contributed by atoms with E-state index in [4.69, 9.17) is 10.3 Å². The van der Waals surface area contributed by atoms with Crippen LogP contribution in [0.2, 0.25) is 0 Å². The summed E-state index contributed by atoms with van der Waals surface area (Å²) in [7, 11) is 1.85. The first-order valence-electron chi connectivity index (χ1n) is 5.70. The largest absolute Gasteiger partial charge is 0.384 e. The molecule has 0 saturated carbocycles. The van der Waals surface area contributed by atoms with Crippen molar-refractivity contribution >= 4 is 5.82 Å². The summed E-state index contributed by atoms with van der Waals surface area (Å²) in [6, 6.07) is 5.53. The third-order valence-electron chi connectivity index (χ3n) is 2.72. The maximum absolute atomic E-state index is 5.58. The molecule has 3 aromatic heterocycles. The average molecular weight is 256 g/mol. The number of aromatic nitrogens is 5. The second-order valence-corrected chi connectivity index (χ2v) is 4.15. The zero-order valence-corrected chi connectivity index (χ0v) is 10.5. The molecule has 19 heavy (non-hydrogen) atoms. The molecule has 3 aromatic rings. The van der Waals surface area contributed by atoms with Crippen LogP contribution >= 0.6 is 0 Å². The van der Waals surface area contributed by atoms with Crippen LogP contribution in [0.25, 0.3) is 22.8 Å². The van der Waals surface area contributed by atoms with Crippen molar-refractivity contribution < 1.29 is 4.52 Å². The number of anilines is 1. The van der Waals surface area contributed by atoms with Crippen molar-refractivity contribution in [2.75, 3.05) is 5.73 Å². The highest BCUT2D eigenvalue weighted by molar-refractivity contribution is 5.65. The van der Waals surface area contributed by atoms with E-state index in [0.717, 1.165) is 11.3 Å². The maximum atomic E-state index is 5.58. The van der Waals surface area contributed by atoms with Crippen LogP contribution in [0.15, 0.2) is 28.9 Å². The first-order chi connectivity index (χ1) is 9.13. The van der Waals surface area contributed by atoms with Gasteiger partial charge in [-0.3, -0.25) is 4.68 Å². The van der Waals surface area contributed by atoms with Crippen LogP contribution < -0.4 is 5.73 Å². The van der Waals surface area contributed by atoms with Crippen LogP contribution in [0.1, 0.15) is 5.89 Å². The molecule has 0 saturated heterocycles. The highest BCUT2D eigenvalue weighted by Gasteiger charge is 2.13. The van der Waals surface area contributed by atoms with E-state index in [1.54, 1.807) is 23.9 Å². The van der Waals surface area contributed by atoms with Gasteiger partial charge >= 0.3 is 0 Å². The molecule has 0 aromatic carbocycles. The number of rotatable bonds is 2. The number of nitrogens with two attached hydrogens (primary N) is 1. The number of aryl methyl sites for hydroxylation is 2. The van der Waals surface area contributed by atoms with Crippen LogP contribution in [0.5, 0.6) is 0 Å². The van der Waals surface area contributed by atoms with Gasteiger partial charge in [-0.25, -0.2) is 4.98 Å². The fourth-order valence-corrected chi connectivity index (χ4v) is 1.81. The molecule has 7 nitrogen and oxygen atoms in total. The molecule has 0 aliphatic carbocycles. The summed E-state index contributed by atoms with van der Waals surface area (Å²) in [6.45, 7) is 1.74. The van der Waals surface area contributed by atoms with Crippen LogP contribution in [-0.2, 0) is 7.05 Å². The Labute approximate surface area is 109 Å². The van der Waals surface area contributed by atoms with Crippen molar-refractivity contribution in [3.63, 3.8) is 0 Å². The van der Waals surface area contributed by atoms with Crippen LogP contribution in [0.4, 0.5) is 5.82 Å². The van der Waals surface area contributed by atoms with E-state index in [2.05, 4.69) is 20.2 Å². The lowest BCUT2D eigenvalue weighted by Crippen LogP contribution is -1.95. The molecule has 0 fully saturated rings. The normalized spacial score (nSPS) is 10.8. The van der Waals surface area contributed by atoms with Gasteiger partial charge in [-0.2, -0.15) is 10.1 Å². The zero-order chi connectivity index (χ0) is 13.4. The van der Waals surface area contributed by atoms with E-state index < -0.39 is 0 Å². The van der Waals surface area contributed by atoms with Gasteiger partial charge in [0.25, 0.3) is 0 Å². The van der Waals surface area contributed by atoms with Gasteiger partial charge in [0.1, 0.15) is 11.5 Å². The Hall–Kier alpha value is -2.70. The molecule has 2 N–H and O–H groups in total. The Morgan fingerprint density at radius 1 is 1.32 bits per heavy atom. The summed E-state index contributed by atoms with van der Waals surface area (Å²) in [5.74, 6) is 1.47. The Bertz CT molecular complexity index is 712. The number of hydrogen-bond acceptors (Lipinski definition) is 6. The monoisotopic (exact) mass is 256 g/mol. The zero-order valence-electron chi connectivity index (χ0n) is 10.5.